The first-order valence-electron chi connectivity index (χ1n) is 5.94. The second kappa shape index (κ2) is 7.33. The average molecular weight is 268 g/mol. The summed E-state index contributed by atoms with van der Waals surface area (Å²) in [6.07, 6.45) is 0.788. The average Bonchev–Trinajstić information content (AvgIpc) is 2.24. The van der Waals surface area contributed by atoms with Gasteiger partial charge in [0.15, 0.2) is 5.16 Å². The van der Waals surface area contributed by atoms with Gasteiger partial charge in [0.2, 0.25) is 5.91 Å². The van der Waals surface area contributed by atoms with Crippen LogP contribution in [-0.2, 0) is 4.79 Å². The van der Waals surface area contributed by atoms with E-state index in [4.69, 9.17) is 5.73 Å². The fourth-order valence-electron chi connectivity index (χ4n) is 1.38. The molecule has 1 unspecified atom stereocenters. The van der Waals surface area contributed by atoms with E-state index in [2.05, 4.69) is 15.3 Å². The Hall–Kier alpha value is -1.14. The van der Waals surface area contributed by atoms with E-state index >= 15 is 0 Å². The Balaban J connectivity index is 2.33. The summed E-state index contributed by atoms with van der Waals surface area (Å²) in [4.78, 5) is 20.1. The first-order valence-corrected chi connectivity index (χ1v) is 6.93. The lowest BCUT2D eigenvalue weighted by molar-refractivity contribution is -0.118. The molecular weight excluding hydrogens is 248 g/mol. The first kappa shape index (κ1) is 14.9. The van der Waals surface area contributed by atoms with Crippen LogP contribution in [0, 0.1) is 13.8 Å². The number of amides is 1. The summed E-state index contributed by atoms with van der Waals surface area (Å²) in [5.74, 6) is 0.324. The van der Waals surface area contributed by atoms with Crippen LogP contribution in [-0.4, -0.2) is 34.2 Å². The van der Waals surface area contributed by atoms with E-state index in [9.17, 15) is 4.79 Å². The van der Waals surface area contributed by atoms with Crippen LogP contribution in [0.25, 0.3) is 0 Å². The summed E-state index contributed by atoms with van der Waals surface area (Å²) < 4.78 is 0. The Morgan fingerprint density at radius 1 is 1.44 bits per heavy atom. The van der Waals surface area contributed by atoms with Gasteiger partial charge in [-0.25, -0.2) is 9.97 Å². The zero-order valence-electron chi connectivity index (χ0n) is 11.1. The Labute approximate surface area is 112 Å². The highest BCUT2D eigenvalue weighted by Gasteiger charge is 2.06. The van der Waals surface area contributed by atoms with Crippen LogP contribution in [0.5, 0.6) is 0 Å². The molecule has 0 saturated carbocycles. The molecule has 0 spiro atoms. The van der Waals surface area contributed by atoms with Crippen molar-refractivity contribution in [3.8, 4) is 0 Å². The molecule has 1 aromatic rings. The van der Waals surface area contributed by atoms with Crippen LogP contribution in [0.3, 0.4) is 0 Å². The molecule has 6 heteroatoms. The molecule has 0 fully saturated rings. The van der Waals surface area contributed by atoms with Crippen molar-refractivity contribution in [1.82, 2.24) is 15.3 Å². The number of nitrogens with one attached hydrogen (secondary N) is 1. The Morgan fingerprint density at radius 2 is 2.06 bits per heavy atom. The van der Waals surface area contributed by atoms with E-state index in [1.807, 2.05) is 26.8 Å². The zero-order chi connectivity index (χ0) is 13.5. The van der Waals surface area contributed by atoms with Crippen molar-refractivity contribution >= 4 is 17.7 Å². The Morgan fingerprint density at radius 3 is 2.61 bits per heavy atom. The van der Waals surface area contributed by atoms with Gasteiger partial charge in [0.1, 0.15) is 0 Å². The smallest absolute Gasteiger partial charge is 0.230 e. The van der Waals surface area contributed by atoms with E-state index in [1.54, 1.807) is 0 Å². The standard InChI is InChI=1S/C12H20N4OS/c1-8(13)4-5-14-11(17)7-18-12-15-9(2)6-10(3)16-12/h6,8H,4-5,7,13H2,1-3H3,(H,14,17). The number of hydrogen-bond donors (Lipinski definition) is 2. The van der Waals surface area contributed by atoms with Crippen LogP contribution in [0.15, 0.2) is 11.2 Å². The molecule has 5 nitrogen and oxygen atoms in total. The predicted octanol–water partition coefficient (Wildman–Crippen LogP) is 1.04. The fourth-order valence-corrected chi connectivity index (χ4v) is 2.16. The second-order valence-electron chi connectivity index (χ2n) is 4.34. The molecule has 100 valence electrons. The van der Waals surface area contributed by atoms with Gasteiger partial charge in [0.05, 0.1) is 5.75 Å². The minimum absolute atomic E-state index is 0.0107. The quantitative estimate of drug-likeness (QED) is 0.595. The minimum Gasteiger partial charge on any atom is -0.355 e. The lowest BCUT2D eigenvalue weighted by Crippen LogP contribution is -2.30. The van der Waals surface area contributed by atoms with Crippen molar-refractivity contribution in [1.29, 1.82) is 0 Å². The van der Waals surface area contributed by atoms with E-state index in [-0.39, 0.29) is 11.9 Å². The second-order valence-corrected chi connectivity index (χ2v) is 5.28. The number of rotatable bonds is 6. The van der Waals surface area contributed by atoms with Crippen LogP contribution in [0.2, 0.25) is 0 Å². The highest BCUT2D eigenvalue weighted by Crippen LogP contribution is 2.13. The zero-order valence-corrected chi connectivity index (χ0v) is 11.9. The highest BCUT2D eigenvalue weighted by atomic mass is 32.2. The van der Waals surface area contributed by atoms with Crippen molar-refractivity contribution in [3.05, 3.63) is 17.5 Å². The normalized spacial score (nSPS) is 12.2. The molecule has 0 aliphatic heterocycles. The molecule has 0 radical (unpaired) electrons. The number of aryl methyl sites for hydroxylation is 2. The fraction of sp³-hybridized carbons (Fsp3) is 0.583. The Bertz CT molecular complexity index is 389. The van der Waals surface area contributed by atoms with E-state index < -0.39 is 0 Å². The van der Waals surface area contributed by atoms with E-state index in [1.165, 1.54) is 11.8 Å². The van der Waals surface area contributed by atoms with E-state index in [0.717, 1.165) is 17.8 Å². The van der Waals surface area contributed by atoms with Gasteiger partial charge in [-0.1, -0.05) is 11.8 Å². The summed E-state index contributed by atoms with van der Waals surface area (Å²) in [6, 6.07) is 2.02. The third-order valence-electron chi connectivity index (χ3n) is 2.22. The predicted molar refractivity (Wildman–Crippen MR) is 73.5 cm³/mol. The number of hydrogen-bond acceptors (Lipinski definition) is 5. The summed E-state index contributed by atoms with van der Waals surface area (Å²) in [7, 11) is 0. The van der Waals surface area contributed by atoms with Gasteiger partial charge in [-0.15, -0.1) is 0 Å². The van der Waals surface area contributed by atoms with Gasteiger partial charge in [-0.3, -0.25) is 4.79 Å². The molecule has 0 aromatic carbocycles. The highest BCUT2D eigenvalue weighted by molar-refractivity contribution is 7.99. The number of carbonyl (C=O) groups excluding carboxylic acids is 1. The molecule has 3 N–H and O–H groups in total. The Kier molecular flexibility index (Phi) is 6.07. The number of nitrogens with two attached hydrogens (primary N) is 1. The van der Waals surface area contributed by atoms with Crippen LogP contribution >= 0.6 is 11.8 Å². The van der Waals surface area contributed by atoms with Crippen molar-refractivity contribution in [3.63, 3.8) is 0 Å². The molecule has 1 amide bonds. The molecule has 0 saturated heterocycles. The van der Waals surface area contributed by atoms with Crippen LogP contribution in [0.1, 0.15) is 24.7 Å². The number of aromatic nitrogens is 2. The molecule has 0 bridgehead atoms. The van der Waals surface area contributed by atoms with Crippen molar-refractivity contribution in [2.24, 2.45) is 5.73 Å². The third-order valence-corrected chi connectivity index (χ3v) is 3.06. The molecule has 1 rings (SSSR count). The minimum atomic E-state index is -0.0107. The maximum Gasteiger partial charge on any atom is 0.230 e. The molecule has 1 heterocycles. The number of nitrogens with zero attached hydrogens (tertiary/aromatic N) is 2. The van der Waals surface area contributed by atoms with Crippen molar-refractivity contribution < 1.29 is 4.79 Å². The maximum atomic E-state index is 11.5. The molecule has 1 atom stereocenters. The topological polar surface area (TPSA) is 80.9 Å². The molecule has 18 heavy (non-hydrogen) atoms. The summed E-state index contributed by atoms with van der Waals surface area (Å²) >= 11 is 1.35. The van der Waals surface area contributed by atoms with Gasteiger partial charge in [0, 0.05) is 24.0 Å². The first-order chi connectivity index (χ1) is 8.47. The third kappa shape index (κ3) is 5.97. The molecule has 1 aromatic heterocycles. The largest absolute Gasteiger partial charge is 0.355 e. The van der Waals surface area contributed by atoms with Gasteiger partial charge in [-0.05, 0) is 33.3 Å². The number of carbonyl (C=O) groups is 1. The number of thioether (sulfide) groups is 1. The SMILES string of the molecule is Cc1cc(C)nc(SCC(=O)NCCC(C)N)n1. The van der Waals surface area contributed by atoms with Crippen LogP contribution < -0.4 is 11.1 Å². The lowest BCUT2D eigenvalue weighted by Gasteiger charge is -2.07. The van der Waals surface area contributed by atoms with Crippen LogP contribution in [0.4, 0.5) is 0 Å². The molecule has 0 aliphatic carbocycles. The summed E-state index contributed by atoms with van der Waals surface area (Å²) in [6.45, 7) is 6.37. The van der Waals surface area contributed by atoms with Crippen molar-refractivity contribution in [2.45, 2.75) is 38.4 Å². The van der Waals surface area contributed by atoms with E-state index in [0.29, 0.717) is 17.5 Å². The van der Waals surface area contributed by atoms with Gasteiger partial charge in [0.25, 0.3) is 0 Å². The van der Waals surface area contributed by atoms with Gasteiger partial charge < -0.3 is 11.1 Å². The van der Waals surface area contributed by atoms with Crippen molar-refractivity contribution in [2.75, 3.05) is 12.3 Å². The molecule has 0 aliphatic rings. The monoisotopic (exact) mass is 268 g/mol. The lowest BCUT2D eigenvalue weighted by atomic mass is 10.2. The van der Waals surface area contributed by atoms with Gasteiger partial charge >= 0.3 is 0 Å². The summed E-state index contributed by atoms with van der Waals surface area (Å²) in [5.41, 5.74) is 7.44. The molecular formula is C12H20N4OS. The summed E-state index contributed by atoms with van der Waals surface area (Å²) in [5, 5.41) is 3.47. The maximum absolute atomic E-state index is 11.5. The van der Waals surface area contributed by atoms with Gasteiger partial charge in [-0.2, -0.15) is 0 Å².